The number of esters is 1. The topological polar surface area (TPSA) is 46.5 Å². The van der Waals surface area contributed by atoms with Crippen LogP contribution in [-0.4, -0.2) is 29.7 Å². The number of aliphatic hydroxyl groups excluding tert-OH is 1. The highest BCUT2D eigenvalue weighted by Crippen LogP contribution is 2.40. The quantitative estimate of drug-likeness (QED) is 0.383. The number of ether oxygens (including phenoxy) is 1. The number of methoxy groups -OCH3 is 1. The number of alkyl halides is 1. The number of benzene rings is 1. The summed E-state index contributed by atoms with van der Waals surface area (Å²) >= 11 is 20.0. The molecule has 1 N–H and O–H groups in total. The van der Waals surface area contributed by atoms with E-state index in [9.17, 15) is 9.90 Å². The molecule has 3 rings (SSSR count). The van der Waals surface area contributed by atoms with Crippen LogP contribution in [0.25, 0.3) is 12.2 Å². The van der Waals surface area contributed by atoms with Crippen LogP contribution in [0.3, 0.4) is 0 Å². The Morgan fingerprint density at radius 3 is 2.66 bits per heavy atom. The molecule has 0 amide bonds. The highest BCUT2D eigenvalue weighted by atomic mass is 35.5. The summed E-state index contributed by atoms with van der Waals surface area (Å²) in [6.07, 6.45) is 8.73. The zero-order valence-corrected chi connectivity index (χ0v) is 18.8. The molecule has 7 heteroatoms. The third-order valence-electron chi connectivity index (χ3n) is 4.97. The van der Waals surface area contributed by atoms with Gasteiger partial charge in [-0.3, -0.25) is 0 Å². The van der Waals surface area contributed by atoms with Crippen LogP contribution in [0.15, 0.2) is 42.5 Å². The van der Waals surface area contributed by atoms with Crippen LogP contribution in [0.1, 0.15) is 33.0 Å². The number of aliphatic hydroxyl groups is 1. The van der Waals surface area contributed by atoms with Crippen molar-refractivity contribution >= 4 is 64.3 Å². The van der Waals surface area contributed by atoms with Crippen molar-refractivity contribution in [3.63, 3.8) is 0 Å². The number of hydrogen-bond acceptors (Lipinski definition) is 4. The predicted octanol–water partition coefficient (Wildman–Crippen LogP) is 6.56. The Bertz CT molecular complexity index is 902. The van der Waals surface area contributed by atoms with Gasteiger partial charge in [0.1, 0.15) is 4.88 Å². The summed E-state index contributed by atoms with van der Waals surface area (Å²) in [6.45, 7) is 0. The van der Waals surface area contributed by atoms with Gasteiger partial charge in [0.15, 0.2) is 0 Å². The molecule has 1 aliphatic rings. The van der Waals surface area contributed by atoms with E-state index in [2.05, 4.69) is 0 Å². The Morgan fingerprint density at radius 1 is 1.24 bits per heavy atom. The van der Waals surface area contributed by atoms with Crippen LogP contribution in [0.4, 0.5) is 0 Å². The van der Waals surface area contributed by atoms with Crippen LogP contribution in [0.2, 0.25) is 10.0 Å². The van der Waals surface area contributed by atoms with Crippen LogP contribution in [-0.2, 0) is 4.74 Å². The standard InChI is InChI=1S/C22H21Cl3O3S/c1-28-22(27)21-8-6-16(29-21)3-2-4-17-18(20(26)12-19(17)25)7-5-13-9-14(23)11-15(24)10-13/h2-3,5-11,17-20,26H,4,12H2,1H3/t17?,18-,19-,20-/m1/s1. The predicted molar refractivity (Wildman–Crippen MR) is 122 cm³/mol. The minimum absolute atomic E-state index is 0.0612. The number of hydrogen-bond donors (Lipinski definition) is 1. The normalized spacial score (nSPS) is 24.6. The van der Waals surface area contributed by atoms with Crippen LogP contribution in [0.5, 0.6) is 0 Å². The molecule has 1 aromatic carbocycles. The third kappa shape index (κ3) is 5.87. The molecule has 154 valence electrons. The highest BCUT2D eigenvalue weighted by molar-refractivity contribution is 7.14. The first-order valence-corrected chi connectivity index (χ1v) is 11.2. The lowest BCUT2D eigenvalue weighted by Gasteiger charge is -2.19. The summed E-state index contributed by atoms with van der Waals surface area (Å²) in [5, 5.41) is 11.5. The summed E-state index contributed by atoms with van der Waals surface area (Å²) < 4.78 is 4.73. The summed E-state index contributed by atoms with van der Waals surface area (Å²) in [4.78, 5) is 13.1. The van der Waals surface area contributed by atoms with E-state index in [1.165, 1.54) is 18.4 Å². The maximum atomic E-state index is 11.6. The molecule has 1 saturated carbocycles. The van der Waals surface area contributed by atoms with Gasteiger partial charge in [0.05, 0.1) is 13.2 Å². The number of halogens is 3. The summed E-state index contributed by atoms with van der Waals surface area (Å²) in [5.74, 6) is -0.288. The third-order valence-corrected chi connectivity index (χ3v) is 6.94. The average Bonchev–Trinajstić information content (AvgIpc) is 3.23. The molecule has 4 atom stereocenters. The van der Waals surface area contributed by atoms with Crippen molar-refractivity contribution in [3.05, 3.63) is 67.8 Å². The summed E-state index contributed by atoms with van der Waals surface area (Å²) in [7, 11) is 1.37. The van der Waals surface area contributed by atoms with E-state index in [1.807, 2.05) is 42.5 Å². The van der Waals surface area contributed by atoms with Crippen molar-refractivity contribution in [2.24, 2.45) is 11.8 Å². The summed E-state index contributed by atoms with van der Waals surface area (Å²) in [6, 6.07) is 8.97. The van der Waals surface area contributed by atoms with E-state index in [1.54, 1.807) is 12.1 Å². The number of carbonyl (C=O) groups is 1. The van der Waals surface area contributed by atoms with Gasteiger partial charge in [-0.05, 0) is 60.7 Å². The molecule has 1 heterocycles. The van der Waals surface area contributed by atoms with Crippen LogP contribution >= 0.6 is 46.1 Å². The molecule has 0 spiro atoms. The SMILES string of the molecule is COC(=O)c1ccc(C=CCC2[C@H](Cl)C[C@@H](O)[C@@H]2C=Cc2cc(Cl)cc(Cl)c2)s1. The molecule has 0 radical (unpaired) electrons. The molecule has 0 aliphatic heterocycles. The van der Waals surface area contributed by atoms with Crippen molar-refractivity contribution in [2.75, 3.05) is 7.11 Å². The van der Waals surface area contributed by atoms with Crippen LogP contribution < -0.4 is 0 Å². The van der Waals surface area contributed by atoms with Crippen molar-refractivity contribution in [2.45, 2.75) is 24.3 Å². The highest BCUT2D eigenvalue weighted by Gasteiger charge is 2.39. The average molecular weight is 472 g/mol. The van der Waals surface area contributed by atoms with Crippen molar-refractivity contribution < 1.29 is 14.6 Å². The van der Waals surface area contributed by atoms with E-state index in [4.69, 9.17) is 39.5 Å². The smallest absolute Gasteiger partial charge is 0.348 e. The molecule has 1 aliphatic carbocycles. The van der Waals surface area contributed by atoms with Gasteiger partial charge in [-0.15, -0.1) is 22.9 Å². The van der Waals surface area contributed by atoms with E-state index in [0.29, 0.717) is 21.3 Å². The Labute approximate surface area is 189 Å². The van der Waals surface area contributed by atoms with Crippen molar-refractivity contribution in [1.29, 1.82) is 0 Å². The minimum Gasteiger partial charge on any atom is -0.465 e. The van der Waals surface area contributed by atoms with Crippen molar-refractivity contribution in [1.82, 2.24) is 0 Å². The molecule has 2 aromatic rings. The first-order valence-electron chi connectivity index (χ1n) is 9.18. The zero-order chi connectivity index (χ0) is 21.0. The first kappa shape index (κ1) is 22.4. The molecule has 0 saturated heterocycles. The monoisotopic (exact) mass is 470 g/mol. The van der Waals surface area contributed by atoms with E-state index >= 15 is 0 Å². The largest absolute Gasteiger partial charge is 0.465 e. The lowest BCUT2D eigenvalue weighted by Crippen LogP contribution is -2.18. The summed E-state index contributed by atoms with van der Waals surface area (Å²) in [5.41, 5.74) is 0.885. The molecule has 0 bridgehead atoms. The molecule has 29 heavy (non-hydrogen) atoms. The lowest BCUT2D eigenvalue weighted by molar-refractivity contribution is 0.0606. The fourth-order valence-electron chi connectivity index (χ4n) is 3.55. The van der Waals surface area contributed by atoms with Crippen LogP contribution in [0, 0.1) is 11.8 Å². The van der Waals surface area contributed by atoms with Gasteiger partial charge in [-0.1, -0.05) is 41.4 Å². The number of thiophene rings is 1. The van der Waals surface area contributed by atoms with Gasteiger partial charge in [-0.25, -0.2) is 4.79 Å². The number of allylic oxidation sites excluding steroid dienone is 1. The lowest BCUT2D eigenvalue weighted by atomic mass is 9.90. The van der Waals surface area contributed by atoms with E-state index in [-0.39, 0.29) is 23.2 Å². The molecule has 1 unspecified atom stereocenters. The fourth-order valence-corrected chi connectivity index (χ4v) is 5.41. The maximum absolute atomic E-state index is 11.6. The van der Waals surface area contributed by atoms with Gasteiger partial charge < -0.3 is 9.84 Å². The molecular weight excluding hydrogens is 451 g/mol. The minimum atomic E-state index is -0.491. The van der Waals surface area contributed by atoms with Gasteiger partial charge in [-0.2, -0.15) is 0 Å². The molecule has 1 fully saturated rings. The molecular formula is C22H21Cl3O3S. The zero-order valence-electron chi connectivity index (χ0n) is 15.7. The van der Waals surface area contributed by atoms with Gasteiger partial charge in [0.2, 0.25) is 0 Å². The van der Waals surface area contributed by atoms with Gasteiger partial charge >= 0.3 is 5.97 Å². The van der Waals surface area contributed by atoms with Gasteiger partial charge in [0.25, 0.3) is 0 Å². The molecule has 1 aromatic heterocycles. The second kappa shape index (κ2) is 10.1. The Balaban J connectivity index is 1.68. The van der Waals surface area contributed by atoms with E-state index in [0.717, 1.165) is 16.9 Å². The second-order valence-corrected chi connectivity index (χ2v) is 9.50. The fraction of sp³-hybridized carbons (Fsp3) is 0.318. The van der Waals surface area contributed by atoms with Gasteiger partial charge in [0, 0.05) is 26.2 Å². The Hall–Kier alpha value is -1.30. The Kier molecular flexibility index (Phi) is 7.83. The maximum Gasteiger partial charge on any atom is 0.348 e. The number of carbonyl (C=O) groups excluding carboxylic acids is 1. The first-order chi connectivity index (χ1) is 13.9. The molecule has 3 nitrogen and oxygen atoms in total. The van der Waals surface area contributed by atoms with Crippen molar-refractivity contribution in [3.8, 4) is 0 Å². The Morgan fingerprint density at radius 2 is 1.97 bits per heavy atom. The van der Waals surface area contributed by atoms with E-state index < -0.39 is 6.10 Å². The number of rotatable bonds is 6. The second-order valence-electron chi connectivity index (χ2n) is 6.95.